The van der Waals surface area contributed by atoms with Gasteiger partial charge in [-0.25, -0.2) is 8.78 Å². The van der Waals surface area contributed by atoms with Crippen LogP contribution in [0.4, 0.5) is 8.78 Å². The highest BCUT2D eigenvalue weighted by Gasteiger charge is 2.20. The lowest BCUT2D eigenvalue weighted by atomic mass is 10.0. The van der Waals surface area contributed by atoms with Gasteiger partial charge in [0.2, 0.25) is 0 Å². The number of hydrogen-bond donors (Lipinski definition) is 1. The van der Waals surface area contributed by atoms with Gasteiger partial charge in [0.15, 0.2) is 11.6 Å². The molecule has 1 N–H and O–H groups in total. The monoisotopic (exact) mass is 271 g/mol. The number of aliphatic hydroxyl groups excluding tert-OH is 1. The Morgan fingerprint density at radius 1 is 1.21 bits per heavy atom. The van der Waals surface area contributed by atoms with Gasteiger partial charge >= 0.3 is 0 Å². The van der Waals surface area contributed by atoms with E-state index in [9.17, 15) is 13.9 Å². The smallest absolute Gasteiger partial charge is 0.159 e. The van der Waals surface area contributed by atoms with E-state index in [4.69, 9.17) is 0 Å². The third-order valence-corrected chi connectivity index (χ3v) is 3.33. The SMILES string of the molecule is CCN(CCC(O)c1ccc(F)c(F)c1)C(C)(C)C. The lowest BCUT2D eigenvalue weighted by Gasteiger charge is -2.35. The zero-order valence-corrected chi connectivity index (χ0v) is 12.1. The van der Waals surface area contributed by atoms with Gasteiger partial charge in [-0.05, 0) is 51.4 Å². The molecular formula is C15H23F2NO. The quantitative estimate of drug-likeness (QED) is 0.886. The minimum absolute atomic E-state index is 0.0303. The molecule has 0 aliphatic heterocycles. The molecule has 0 heterocycles. The van der Waals surface area contributed by atoms with E-state index in [2.05, 4.69) is 32.6 Å². The Balaban J connectivity index is 2.64. The zero-order chi connectivity index (χ0) is 14.6. The predicted molar refractivity (Wildman–Crippen MR) is 72.9 cm³/mol. The fourth-order valence-corrected chi connectivity index (χ4v) is 2.13. The van der Waals surface area contributed by atoms with Crippen molar-refractivity contribution in [1.29, 1.82) is 0 Å². The second kappa shape index (κ2) is 6.44. The van der Waals surface area contributed by atoms with Crippen molar-refractivity contribution in [2.75, 3.05) is 13.1 Å². The molecule has 0 spiro atoms. The van der Waals surface area contributed by atoms with Crippen molar-refractivity contribution in [1.82, 2.24) is 4.90 Å². The third-order valence-electron chi connectivity index (χ3n) is 3.33. The van der Waals surface area contributed by atoms with Gasteiger partial charge in [0.1, 0.15) is 0 Å². The van der Waals surface area contributed by atoms with Crippen LogP contribution in [0.25, 0.3) is 0 Å². The standard InChI is InChI=1S/C15H23F2NO/c1-5-18(15(2,3)4)9-8-14(19)11-6-7-12(16)13(17)10-11/h6-7,10,14,19H,5,8-9H2,1-4H3. The second-order valence-electron chi connectivity index (χ2n) is 5.73. The molecule has 0 aliphatic carbocycles. The molecule has 2 nitrogen and oxygen atoms in total. The van der Waals surface area contributed by atoms with Gasteiger partial charge in [-0.3, -0.25) is 4.90 Å². The number of hydrogen-bond acceptors (Lipinski definition) is 2. The highest BCUT2D eigenvalue weighted by Crippen LogP contribution is 2.21. The Kier molecular flexibility index (Phi) is 5.44. The number of aliphatic hydroxyl groups is 1. The summed E-state index contributed by atoms with van der Waals surface area (Å²) >= 11 is 0. The largest absolute Gasteiger partial charge is 0.388 e. The molecule has 4 heteroatoms. The molecule has 1 atom stereocenters. The fourth-order valence-electron chi connectivity index (χ4n) is 2.13. The summed E-state index contributed by atoms with van der Waals surface area (Å²) in [5.41, 5.74) is 0.451. The molecule has 0 bridgehead atoms. The topological polar surface area (TPSA) is 23.5 Å². The molecule has 19 heavy (non-hydrogen) atoms. The molecule has 0 aromatic heterocycles. The zero-order valence-electron chi connectivity index (χ0n) is 12.1. The lowest BCUT2D eigenvalue weighted by molar-refractivity contribution is 0.0995. The van der Waals surface area contributed by atoms with Crippen molar-refractivity contribution in [3.05, 3.63) is 35.4 Å². The average molecular weight is 271 g/mol. The fraction of sp³-hybridized carbons (Fsp3) is 0.600. The first-order valence-electron chi connectivity index (χ1n) is 6.63. The molecule has 1 aromatic carbocycles. The van der Waals surface area contributed by atoms with Crippen molar-refractivity contribution in [2.24, 2.45) is 0 Å². The molecule has 0 radical (unpaired) electrons. The molecule has 0 saturated carbocycles. The summed E-state index contributed by atoms with van der Waals surface area (Å²) in [5, 5.41) is 10.0. The second-order valence-corrected chi connectivity index (χ2v) is 5.73. The van der Waals surface area contributed by atoms with E-state index in [-0.39, 0.29) is 5.54 Å². The van der Waals surface area contributed by atoms with Crippen LogP contribution >= 0.6 is 0 Å². The minimum Gasteiger partial charge on any atom is -0.388 e. The first-order valence-corrected chi connectivity index (χ1v) is 6.63. The number of nitrogens with zero attached hydrogens (tertiary/aromatic N) is 1. The van der Waals surface area contributed by atoms with Crippen molar-refractivity contribution in [3.8, 4) is 0 Å². The van der Waals surface area contributed by atoms with Gasteiger partial charge in [0.25, 0.3) is 0 Å². The molecule has 1 aromatic rings. The third kappa shape index (κ3) is 4.55. The summed E-state index contributed by atoms with van der Waals surface area (Å²) < 4.78 is 25.9. The molecule has 0 amide bonds. The van der Waals surface area contributed by atoms with E-state index in [1.54, 1.807) is 0 Å². The highest BCUT2D eigenvalue weighted by molar-refractivity contribution is 5.20. The van der Waals surface area contributed by atoms with Gasteiger partial charge in [0, 0.05) is 12.1 Å². The van der Waals surface area contributed by atoms with Crippen LogP contribution < -0.4 is 0 Å². The van der Waals surface area contributed by atoms with Crippen LogP contribution in [0.5, 0.6) is 0 Å². The van der Waals surface area contributed by atoms with Crippen LogP contribution in [-0.4, -0.2) is 28.6 Å². The number of rotatable bonds is 5. The summed E-state index contributed by atoms with van der Waals surface area (Å²) in [6, 6.07) is 3.54. The Morgan fingerprint density at radius 3 is 2.32 bits per heavy atom. The molecule has 0 aliphatic rings. The van der Waals surface area contributed by atoms with Crippen LogP contribution in [0, 0.1) is 11.6 Å². The molecule has 108 valence electrons. The maximum absolute atomic E-state index is 13.1. The van der Waals surface area contributed by atoms with E-state index in [1.165, 1.54) is 6.07 Å². The van der Waals surface area contributed by atoms with Crippen LogP contribution in [0.1, 0.15) is 45.8 Å². The van der Waals surface area contributed by atoms with Gasteiger partial charge in [-0.1, -0.05) is 13.0 Å². The molecule has 0 fully saturated rings. The van der Waals surface area contributed by atoms with E-state index < -0.39 is 17.7 Å². The van der Waals surface area contributed by atoms with Gasteiger partial charge < -0.3 is 5.11 Å². The normalized spacial score (nSPS) is 13.9. The summed E-state index contributed by atoms with van der Waals surface area (Å²) in [5.74, 6) is -1.81. The van der Waals surface area contributed by atoms with E-state index in [0.29, 0.717) is 18.5 Å². The van der Waals surface area contributed by atoms with Crippen LogP contribution in [0.2, 0.25) is 0 Å². The Bertz CT molecular complexity index is 415. The Morgan fingerprint density at radius 2 is 1.84 bits per heavy atom. The van der Waals surface area contributed by atoms with Crippen LogP contribution in [0.3, 0.4) is 0 Å². The first kappa shape index (κ1) is 16.1. The predicted octanol–water partition coefficient (Wildman–Crippen LogP) is 3.51. The summed E-state index contributed by atoms with van der Waals surface area (Å²) in [7, 11) is 0. The summed E-state index contributed by atoms with van der Waals surface area (Å²) in [4.78, 5) is 2.23. The Labute approximate surface area is 114 Å². The van der Waals surface area contributed by atoms with E-state index >= 15 is 0 Å². The van der Waals surface area contributed by atoms with Gasteiger partial charge in [-0.2, -0.15) is 0 Å². The maximum Gasteiger partial charge on any atom is 0.159 e. The molecule has 1 rings (SSSR count). The van der Waals surface area contributed by atoms with E-state index in [0.717, 1.165) is 18.7 Å². The Hall–Kier alpha value is -1.00. The first-order chi connectivity index (χ1) is 8.75. The van der Waals surface area contributed by atoms with Gasteiger partial charge in [-0.15, -0.1) is 0 Å². The van der Waals surface area contributed by atoms with Crippen molar-refractivity contribution in [3.63, 3.8) is 0 Å². The maximum atomic E-state index is 13.1. The van der Waals surface area contributed by atoms with Crippen LogP contribution in [-0.2, 0) is 0 Å². The highest BCUT2D eigenvalue weighted by atomic mass is 19.2. The van der Waals surface area contributed by atoms with Crippen molar-refractivity contribution in [2.45, 2.75) is 45.8 Å². The van der Waals surface area contributed by atoms with Crippen molar-refractivity contribution >= 4 is 0 Å². The molecular weight excluding hydrogens is 248 g/mol. The lowest BCUT2D eigenvalue weighted by Crippen LogP contribution is -2.42. The summed E-state index contributed by atoms with van der Waals surface area (Å²) in [6.07, 6.45) is -0.276. The molecule has 0 saturated heterocycles. The molecule has 1 unspecified atom stereocenters. The number of halogens is 2. The minimum atomic E-state index is -0.917. The number of benzene rings is 1. The summed E-state index contributed by atoms with van der Waals surface area (Å²) in [6.45, 7) is 9.99. The van der Waals surface area contributed by atoms with Crippen molar-refractivity contribution < 1.29 is 13.9 Å². The van der Waals surface area contributed by atoms with Crippen LogP contribution in [0.15, 0.2) is 18.2 Å². The average Bonchev–Trinajstić information content (AvgIpc) is 2.31. The van der Waals surface area contributed by atoms with Gasteiger partial charge in [0.05, 0.1) is 6.10 Å². The van der Waals surface area contributed by atoms with E-state index in [1.807, 2.05) is 0 Å².